The van der Waals surface area contributed by atoms with Crippen molar-refractivity contribution in [1.29, 1.82) is 0 Å². The summed E-state index contributed by atoms with van der Waals surface area (Å²) < 4.78 is 12.0. The van der Waals surface area contributed by atoms with Gasteiger partial charge in [-0.05, 0) is 56.3 Å². The van der Waals surface area contributed by atoms with Gasteiger partial charge in [0.05, 0.1) is 35.1 Å². The van der Waals surface area contributed by atoms with E-state index in [1.165, 1.54) is 0 Å². The van der Waals surface area contributed by atoms with Crippen molar-refractivity contribution >= 4 is 43.3 Å². The largest absolute Gasteiger partial charge is 0.497 e. The molecule has 0 spiro atoms. The van der Waals surface area contributed by atoms with Crippen molar-refractivity contribution in [3.05, 3.63) is 48.2 Å². The molecule has 2 aromatic heterocycles. The number of nitrogens with zero attached hydrogens (tertiary/aromatic N) is 2. The van der Waals surface area contributed by atoms with Crippen molar-refractivity contribution < 1.29 is 9.47 Å². The number of pyridine rings is 1. The van der Waals surface area contributed by atoms with Crippen LogP contribution in [0.25, 0.3) is 21.1 Å². The Bertz CT molecular complexity index is 1090. The van der Waals surface area contributed by atoms with Gasteiger partial charge in [-0.25, -0.2) is 4.98 Å². The molecule has 0 amide bonds. The molecule has 0 fully saturated rings. The molecule has 4 rings (SSSR count). The standard InChI is InChI=1S/C20H19N3O2S/c1-4-25-14-6-7-16-15(10-14)18(9-12(2)21-16)23-20-22-17-8-5-13(24-3)11-19(17)26-20/h5-11H,4H2,1-3H3,(H,21,22,23). The maximum atomic E-state index is 5.64. The van der Waals surface area contributed by atoms with Gasteiger partial charge in [0.25, 0.3) is 0 Å². The highest BCUT2D eigenvalue weighted by Crippen LogP contribution is 2.34. The lowest BCUT2D eigenvalue weighted by Gasteiger charge is -2.10. The number of rotatable bonds is 5. The quantitative estimate of drug-likeness (QED) is 0.520. The van der Waals surface area contributed by atoms with Gasteiger partial charge in [0, 0.05) is 11.1 Å². The lowest BCUT2D eigenvalue weighted by molar-refractivity contribution is 0.340. The van der Waals surface area contributed by atoms with Gasteiger partial charge in [0.1, 0.15) is 11.5 Å². The molecule has 0 saturated heterocycles. The zero-order chi connectivity index (χ0) is 18.1. The maximum Gasteiger partial charge on any atom is 0.188 e. The first-order valence-electron chi connectivity index (χ1n) is 8.42. The summed E-state index contributed by atoms with van der Waals surface area (Å²) in [5, 5.41) is 5.30. The van der Waals surface area contributed by atoms with Crippen LogP contribution in [0.15, 0.2) is 42.5 Å². The number of thiazole rings is 1. The highest BCUT2D eigenvalue weighted by Gasteiger charge is 2.10. The molecule has 0 aliphatic heterocycles. The zero-order valence-electron chi connectivity index (χ0n) is 14.9. The molecule has 0 radical (unpaired) electrons. The first-order chi connectivity index (χ1) is 12.7. The number of fused-ring (bicyclic) bond motifs is 2. The number of methoxy groups -OCH3 is 1. The highest BCUT2D eigenvalue weighted by atomic mass is 32.1. The van der Waals surface area contributed by atoms with Crippen LogP contribution >= 0.6 is 11.3 Å². The number of hydrogen-bond acceptors (Lipinski definition) is 6. The minimum atomic E-state index is 0.632. The van der Waals surface area contributed by atoms with Crippen LogP contribution in [0.3, 0.4) is 0 Å². The second-order valence-corrected chi connectivity index (χ2v) is 6.93. The summed E-state index contributed by atoms with van der Waals surface area (Å²) in [5.74, 6) is 1.67. The second-order valence-electron chi connectivity index (χ2n) is 5.90. The Hall–Kier alpha value is -2.86. The van der Waals surface area contributed by atoms with Gasteiger partial charge in [-0.3, -0.25) is 4.98 Å². The topological polar surface area (TPSA) is 56.3 Å². The van der Waals surface area contributed by atoms with E-state index in [9.17, 15) is 0 Å². The monoisotopic (exact) mass is 365 g/mol. The molecular formula is C20H19N3O2S. The number of ether oxygens (including phenoxy) is 2. The number of anilines is 2. The van der Waals surface area contributed by atoms with Crippen LogP contribution < -0.4 is 14.8 Å². The van der Waals surface area contributed by atoms with Gasteiger partial charge in [-0.15, -0.1) is 0 Å². The number of nitrogens with one attached hydrogen (secondary N) is 1. The fourth-order valence-corrected chi connectivity index (χ4v) is 3.80. The van der Waals surface area contributed by atoms with E-state index in [0.717, 1.165) is 49.1 Å². The molecule has 0 saturated carbocycles. The van der Waals surface area contributed by atoms with Crippen LogP contribution in [-0.4, -0.2) is 23.7 Å². The van der Waals surface area contributed by atoms with Crippen LogP contribution in [0.2, 0.25) is 0 Å². The Balaban J connectivity index is 1.77. The van der Waals surface area contributed by atoms with Crippen LogP contribution in [-0.2, 0) is 0 Å². The Labute approximate surface area is 155 Å². The van der Waals surface area contributed by atoms with Crippen molar-refractivity contribution in [3.63, 3.8) is 0 Å². The Morgan fingerprint density at radius 3 is 2.62 bits per heavy atom. The molecule has 2 aromatic carbocycles. The van der Waals surface area contributed by atoms with E-state index in [1.807, 2.05) is 56.3 Å². The molecule has 5 nitrogen and oxygen atoms in total. The minimum absolute atomic E-state index is 0.632. The number of aromatic nitrogens is 2. The molecule has 4 aromatic rings. The lowest BCUT2D eigenvalue weighted by atomic mass is 10.1. The van der Waals surface area contributed by atoms with Crippen molar-refractivity contribution in [2.24, 2.45) is 0 Å². The van der Waals surface area contributed by atoms with Gasteiger partial charge < -0.3 is 14.8 Å². The Kier molecular flexibility index (Phi) is 4.34. The third-order valence-corrected chi connectivity index (χ3v) is 4.99. The van der Waals surface area contributed by atoms with E-state index in [2.05, 4.69) is 15.3 Å². The third kappa shape index (κ3) is 3.15. The third-order valence-electron chi connectivity index (χ3n) is 4.06. The summed E-state index contributed by atoms with van der Waals surface area (Å²) in [6.45, 7) is 4.60. The predicted molar refractivity (Wildman–Crippen MR) is 107 cm³/mol. The zero-order valence-corrected chi connectivity index (χ0v) is 15.7. The fraction of sp³-hybridized carbons (Fsp3) is 0.200. The summed E-state index contributed by atoms with van der Waals surface area (Å²) in [5.41, 5.74) is 3.80. The summed E-state index contributed by atoms with van der Waals surface area (Å²) >= 11 is 1.60. The summed E-state index contributed by atoms with van der Waals surface area (Å²) in [6.07, 6.45) is 0. The first kappa shape index (κ1) is 16.6. The molecule has 26 heavy (non-hydrogen) atoms. The smallest absolute Gasteiger partial charge is 0.188 e. The van der Waals surface area contributed by atoms with E-state index in [0.29, 0.717) is 6.61 Å². The second kappa shape index (κ2) is 6.80. The summed E-state index contributed by atoms with van der Waals surface area (Å²) in [4.78, 5) is 9.29. The van der Waals surface area contributed by atoms with Gasteiger partial charge >= 0.3 is 0 Å². The van der Waals surface area contributed by atoms with Crippen molar-refractivity contribution in [3.8, 4) is 11.5 Å². The molecule has 132 valence electrons. The fourth-order valence-electron chi connectivity index (χ4n) is 2.90. The Morgan fingerprint density at radius 1 is 1.00 bits per heavy atom. The summed E-state index contributed by atoms with van der Waals surface area (Å²) in [6, 6.07) is 13.9. The van der Waals surface area contributed by atoms with E-state index in [-0.39, 0.29) is 0 Å². The predicted octanol–water partition coefficient (Wildman–Crippen LogP) is 5.30. The molecule has 0 unspecified atom stereocenters. The highest BCUT2D eigenvalue weighted by molar-refractivity contribution is 7.22. The molecule has 1 N–H and O–H groups in total. The van der Waals surface area contributed by atoms with Gasteiger partial charge in [-0.1, -0.05) is 11.3 Å². The molecule has 0 aliphatic rings. The normalized spacial score (nSPS) is 11.0. The van der Waals surface area contributed by atoms with E-state index < -0.39 is 0 Å². The molecule has 0 atom stereocenters. The van der Waals surface area contributed by atoms with E-state index in [1.54, 1.807) is 18.4 Å². The van der Waals surface area contributed by atoms with E-state index >= 15 is 0 Å². The average Bonchev–Trinajstić information content (AvgIpc) is 3.03. The SMILES string of the molecule is CCOc1ccc2nc(C)cc(Nc3nc4ccc(OC)cc4s3)c2c1. The number of benzene rings is 2. The minimum Gasteiger partial charge on any atom is -0.497 e. The average molecular weight is 365 g/mol. The number of aryl methyl sites for hydroxylation is 1. The molecular weight excluding hydrogens is 346 g/mol. The van der Waals surface area contributed by atoms with Crippen LogP contribution in [0, 0.1) is 6.92 Å². The van der Waals surface area contributed by atoms with Gasteiger partial charge in [0.2, 0.25) is 0 Å². The number of hydrogen-bond donors (Lipinski definition) is 1. The van der Waals surface area contributed by atoms with Crippen molar-refractivity contribution in [1.82, 2.24) is 9.97 Å². The van der Waals surface area contributed by atoms with Crippen molar-refractivity contribution in [2.75, 3.05) is 19.0 Å². The maximum absolute atomic E-state index is 5.64. The lowest BCUT2D eigenvalue weighted by Crippen LogP contribution is -1.96. The van der Waals surface area contributed by atoms with Crippen LogP contribution in [0.5, 0.6) is 11.5 Å². The summed E-state index contributed by atoms with van der Waals surface area (Å²) in [7, 11) is 1.67. The molecule has 6 heteroatoms. The van der Waals surface area contributed by atoms with Gasteiger partial charge in [-0.2, -0.15) is 0 Å². The first-order valence-corrected chi connectivity index (χ1v) is 9.23. The molecule has 0 bridgehead atoms. The Morgan fingerprint density at radius 2 is 1.81 bits per heavy atom. The molecule has 0 aliphatic carbocycles. The van der Waals surface area contributed by atoms with Gasteiger partial charge in [0.15, 0.2) is 5.13 Å². The van der Waals surface area contributed by atoms with Crippen LogP contribution in [0.1, 0.15) is 12.6 Å². The van der Waals surface area contributed by atoms with Crippen molar-refractivity contribution in [2.45, 2.75) is 13.8 Å². The van der Waals surface area contributed by atoms with Crippen LogP contribution in [0.4, 0.5) is 10.8 Å². The van der Waals surface area contributed by atoms with E-state index in [4.69, 9.17) is 9.47 Å². The molecule has 2 heterocycles.